The van der Waals surface area contributed by atoms with Crippen molar-refractivity contribution in [1.29, 1.82) is 0 Å². The molecule has 1 N–H and O–H groups in total. The average molecular weight is 315 g/mol. The number of alkyl halides is 3. The third kappa shape index (κ3) is 2.84. The molecule has 0 aliphatic rings. The fraction of sp³-hybridized carbons (Fsp3) is 0.400. The standard InChI is InChI=1S/C10H10BrF3O3/c1-16-6-4-3-5(8(17-2)7(6)11)9(15)10(12,13)14/h3-4,9,15H,1-2H3. The van der Waals surface area contributed by atoms with E-state index < -0.39 is 12.3 Å². The Morgan fingerprint density at radius 2 is 1.82 bits per heavy atom. The third-order valence-corrected chi connectivity index (χ3v) is 2.87. The number of benzene rings is 1. The van der Waals surface area contributed by atoms with Crippen LogP contribution in [0.15, 0.2) is 16.6 Å². The van der Waals surface area contributed by atoms with Gasteiger partial charge in [0.1, 0.15) is 16.0 Å². The molecule has 96 valence electrons. The van der Waals surface area contributed by atoms with E-state index in [1.54, 1.807) is 0 Å². The molecule has 0 aliphatic carbocycles. The average Bonchev–Trinajstić information content (AvgIpc) is 2.26. The van der Waals surface area contributed by atoms with Crippen LogP contribution in [0.4, 0.5) is 13.2 Å². The predicted octanol–water partition coefficient (Wildman–Crippen LogP) is 3.06. The molecular weight excluding hydrogens is 305 g/mol. The van der Waals surface area contributed by atoms with Crippen molar-refractivity contribution in [2.24, 2.45) is 0 Å². The molecule has 0 amide bonds. The summed E-state index contributed by atoms with van der Waals surface area (Å²) in [6.07, 6.45) is -7.35. The Hall–Kier alpha value is -0.950. The maximum Gasteiger partial charge on any atom is 0.418 e. The minimum Gasteiger partial charge on any atom is -0.495 e. The number of hydrogen-bond donors (Lipinski definition) is 1. The quantitative estimate of drug-likeness (QED) is 0.932. The Balaban J connectivity index is 3.31. The minimum absolute atomic E-state index is 0.103. The van der Waals surface area contributed by atoms with E-state index in [0.717, 1.165) is 6.07 Å². The molecule has 0 radical (unpaired) electrons. The second-order valence-electron chi connectivity index (χ2n) is 3.15. The molecule has 0 aliphatic heterocycles. The summed E-state index contributed by atoms with van der Waals surface area (Å²) in [5.74, 6) is 0.217. The molecule has 1 unspecified atom stereocenters. The molecular formula is C10H10BrF3O3. The zero-order valence-electron chi connectivity index (χ0n) is 9.01. The number of aliphatic hydroxyl groups is 1. The third-order valence-electron chi connectivity index (χ3n) is 2.12. The van der Waals surface area contributed by atoms with Crippen LogP contribution >= 0.6 is 15.9 Å². The molecule has 1 rings (SSSR count). The summed E-state index contributed by atoms with van der Waals surface area (Å²) in [5.41, 5.74) is -0.368. The first-order chi connectivity index (χ1) is 7.82. The zero-order chi connectivity index (χ0) is 13.2. The predicted molar refractivity (Wildman–Crippen MR) is 58.3 cm³/mol. The molecule has 1 atom stereocenters. The summed E-state index contributed by atoms with van der Waals surface area (Å²) in [4.78, 5) is 0. The molecule has 17 heavy (non-hydrogen) atoms. The Labute approximate surface area is 104 Å². The fourth-order valence-electron chi connectivity index (χ4n) is 1.31. The second-order valence-corrected chi connectivity index (χ2v) is 3.94. The fourth-order valence-corrected chi connectivity index (χ4v) is 1.99. The first-order valence-electron chi connectivity index (χ1n) is 4.48. The molecule has 3 nitrogen and oxygen atoms in total. The van der Waals surface area contributed by atoms with Crippen molar-refractivity contribution in [3.63, 3.8) is 0 Å². The van der Waals surface area contributed by atoms with Crippen LogP contribution in [0.25, 0.3) is 0 Å². The van der Waals surface area contributed by atoms with E-state index in [4.69, 9.17) is 9.47 Å². The first kappa shape index (κ1) is 14.1. The lowest BCUT2D eigenvalue weighted by atomic mass is 10.1. The maximum atomic E-state index is 12.4. The van der Waals surface area contributed by atoms with Gasteiger partial charge < -0.3 is 14.6 Å². The van der Waals surface area contributed by atoms with Gasteiger partial charge in [-0.2, -0.15) is 13.2 Å². The van der Waals surface area contributed by atoms with Crippen molar-refractivity contribution in [3.05, 3.63) is 22.2 Å². The second kappa shape index (κ2) is 5.14. The van der Waals surface area contributed by atoms with Gasteiger partial charge in [0.2, 0.25) is 0 Å². The van der Waals surface area contributed by atoms with Gasteiger partial charge in [0.05, 0.1) is 14.2 Å². The van der Waals surface area contributed by atoms with E-state index >= 15 is 0 Å². The highest BCUT2D eigenvalue weighted by atomic mass is 79.9. The summed E-state index contributed by atoms with van der Waals surface area (Å²) in [5, 5.41) is 9.19. The lowest BCUT2D eigenvalue weighted by molar-refractivity contribution is -0.207. The summed E-state index contributed by atoms with van der Waals surface area (Å²) in [7, 11) is 2.59. The van der Waals surface area contributed by atoms with Gasteiger partial charge in [-0.25, -0.2) is 0 Å². The molecule has 0 fully saturated rings. The van der Waals surface area contributed by atoms with Crippen LogP contribution in [0.5, 0.6) is 11.5 Å². The van der Waals surface area contributed by atoms with Crippen LogP contribution in [-0.2, 0) is 0 Å². The Bertz CT molecular complexity index is 407. The molecule has 0 heterocycles. The van der Waals surface area contributed by atoms with Gasteiger partial charge in [-0.1, -0.05) is 0 Å². The number of hydrogen-bond acceptors (Lipinski definition) is 3. The van der Waals surface area contributed by atoms with Crippen LogP contribution in [0, 0.1) is 0 Å². The minimum atomic E-state index is -4.75. The molecule has 0 saturated carbocycles. The molecule has 0 spiro atoms. The lowest BCUT2D eigenvalue weighted by Gasteiger charge is -2.19. The number of ether oxygens (including phenoxy) is 2. The molecule has 0 saturated heterocycles. The monoisotopic (exact) mass is 314 g/mol. The van der Waals surface area contributed by atoms with Crippen LogP contribution in [-0.4, -0.2) is 25.5 Å². The van der Waals surface area contributed by atoms with Gasteiger partial charge in [-0.3, -0.25) is 0 Å². The highest BCUT2D eigenvalue weighted by Gasteiger charge is 2.41. The molecule has 7 heteroatoms. The van der Waals surface area contributed by atoms with Gasteiger partial charge in [0.25, 0.3) is 0 Å². The van der Waals surface area contributed by atoms with Gasteiger partial charge in [-0.15, -0.1) is 0 Å². The molecule has 0 bridgehead atoms. The Kier molecular flexibility index (Phi) is 4.26. The van der Waals surface area contributed by atoms with Crippen LogP contribution in [0.3, 0.4) is 0 Å². The maximum absolute atomic E-state index is 12.4. The summed E-state index contributed by atoms with van der Waals surface area (Å²) < 4.78 is 47.2. The van der Waals surface area contributed by atoms with Crippen LogP contribution < -0.4 is 9.47 Å². The van der Waals surface area contributed by atoms with Gasteiger partial charge >= 0.3 is 6.18 Å². The van der Waals surface area contributed by atoms with Crippen molar-refractivity contribution in [1.82, 2.24) is 0 Å². The van der Waals surface area contributed by atoms with Gasteiger partial charge in [0.15, 0.2) is 6.10 Å². The van der Waals surface area contributed by atoms with E-state index in [0.29, 0.717) is 5.75 Å². The number of methoxy groups -OCH3 is 2. The normalized spacial score (nSPS) is 13.4. The first-order valence-corrected chi connectivity index (χ1v) is 5.27. The molecule has 1 aromatic carbocycles. The smallest absolute Gasteiger partial charge is 0.418 e. The molecule has 0 aromatic heterocycles. The highest BCUT2D eigenvalue weighted by Crippen LogP contribution is 2.43. The number of halogens is 4. The van der Waals surface area contributed by atoms with E-state index in [1.807, 2.05) is 0 Å². The number of rotatable bonds is 3. The number of aliphatic hydroxyl groups excluding tert-OH is 1. The van der Waals surface area contributed by atoms with Crippen molar-refractivity contribution >= 4 is 15.9 Å². The summed E-state index contributed by atoms with van der Waals surface area (Å²) in [6, 6.07) is 2.43. The largest absolute Gasteiger partial charge is 0.495 e. The Morgan fingerprint density at radius 1 is 1.24 bits per heavy atom. The summed E-state index contributed by atoms with van der Waals surface area (Å²) in [6.45, 7) is 0. The van der Waals surface area contributed by atoms with Crippen LogP contribution in [0.2, 0.25) is 0 Å². The Morgan fingerprint density at radius 3 is 2.24 bits per heavy atom. The van der Waals surface area contributed by atoms with E-state index in [1.165, 1.54) is 20.3 Å². The van der Waals surface area contributed by atoms with E-state index in [2.05, 4.69) is 15.9 Å². The summed E-state index contributed by atoms with van der Waals surface area (Å²) >= 11 is 3.06. The van der Waals surface area contributed by atoms with Crippen molar-refractivity contribution < 1.29 is 27.8 Å². The van der Waals surface area contributed by atoms with Crippen LogP contribution in [0.1, 0.15) is 11.7 Å². The SMILES string of the molecule is COc1ccc(C(O)C(F)(F)F)c(OC)c1Br. The van der Waals surface area contributed by atoms with E-state index in [9.17, 15) is 18.3 Å². The van der Waals surface area contributed by atoms with Crippen molar-refractivity contribution in [2.45, 2.75) is 12.3 Å². The lowest BCUT2D eigenvalue weighted by Crippen LogP contribution is -2.21. The highest BCUT2D eigenvalue weighted by molar-refractivity contribution is 9.10. The van der Waals surface area contributed by atoms with Crippen molar-refractivity contribution in [3.8, 4) is 11.5 Å². The van der Waals surface area contributed by atoms with Gasteiger partial charge in [-0.05, 0) is 28.1 Å². The van der Waals surface area contributed by atoms with Gasteiger partial charge in [0, 0.05) is 5.56 Å². The van der Waals surface area contributed by atoms with E-state index in [-0.39, 0.29) is 15.8 Å². The molecule has 1 aromatic rings. The zero-order valence-corrected chi connectivity index (χ0v) is 10.6. The van der Waals surface area contributed by atoms with Crippen molar-refractivity contribution in [2.75, 3.05) is 14.2 Å². The topological polar surface area (TPSA) is 38.7 Å².